The number of carbonyl (C=O) groups excluding carboxylic acids is 2. The number of nitrogens with one attached hydrogen (secondary N) is 2. The Balaban J connectivity index is 1.90. The number of aryl methyl sites for hydroxylation is 1. The smallest absolute Gasteiger partial charge is 0.276 e. The maximum atomic E-state index is 12.4. The van der Waals surface area contributed by atoms with E-state index in [0.29, 0.717) is 28.7 Å². The molecule has 2 rings (SSSR count). The molecule has 0 aliphatic heterocycles. The minimum absolute atomic E-state index is 0.249. The van der Waals surface area contributed by atoms with Crippen LogP contribution in [0.25, 0.3) is 0 Å². The summed E-state index contributed by atoms with van der Waals surface area (Å²) in [7, 11) is 0. The van der Waals surface area contributed by atoms with Gasteiger partial charge in [0.05, 0.1) is 12.2 Å². The fourth-order valence-corrected chi connectivity index (χ4v) is 2.87. The van der Waals surface area contributed by atoms with E-state index >= 15 is 0 Å². The second-order valence-electron chi connectivity index (χ2n) is 6.04. The summed E-state index contributed by atoms with van der Waals surface area (Å²) in [6.45, 7) is 4.15. The molecular weight excluding hydrogens is 448 g/mol. The Bertz CT molecular complexity index is 845. The van der Waals surface area contributed by atoms with E-state index in [1.807, 2.05) is 6.92 Å². The fourth-order valence-electron chi connectivity index (χ4n) is 2.28. The predicted octanol–water partition coefficient (Wildman–Crippen LogP) is 4.43. The molecule has 0 radical (unpaired) electrons. The third-order valence-electron chi connectivity index (χ3n) is 3.75. The van der Waals surface area contributed by atoms with E-state index in [9.17, 15) is 9.59 Å². The number of rotatable bonds is 8. The van der Waals surface area contributed by atoms with Crippen molar-refractivity contribution in [1.82, 2.24) is 10.9 Å². The highest BCUT2D eigenvalue weighted by Gasteiger charge is 2.14. The van der Waals surface area contributed by atoms with Crippen LogP contribution in [0.2, 0.25) is 5.02 Å². The molecule has 28 heavy (non-hydrogen) atoms. The van der Waals surface area contributed by atoms with E-state index in [-0.39, 0.29) is 6.61 Å². The average Bonchev–Trinajstić information content (AvgIpc) is 2.66. The summed E-state index contributed by atoms with van der Waals surface area (Å²) < 4.78 is 11.8. The molecule has 0 fully saturated rings. The van der Waals surface area contributed by atoms with Gasteiger partial charge >= 0.3 is 0 Å². The van der Waals surface area contributed by atoms with Crippen molar-refractivity contribution in [2.24, 2.45) is 0 Å². The van der Waals surface area contributed by atoms with E-state index in [2.05, 4.69) is 33.7 Å². The summed E-state index contributed by atoms with van der Waals surface area (Å²) in [5.74, 6) is 0.0240. The topological polar surface area (TPSA) is 76.7 Å². The summed E-state index contributed by atoms with van der Waals surface area (Å²) in [5, 5.41) is 0.590. The molecule has 150 valence electrons. The molecule has 0 bridgehead atoms. The lowest BCUT2D eigenvalue weighted by atomic mass is 10.2. The van der Waals surface area contributed by atoms with Crippen LogP contribution in [-0.4, -0.2) is 25.0 Å². The molecule has 8 heteroatoms. The van der Waals surface area contributed by atoms with Crippen LogP contribution < -0.4 is 20.3 Å². The summed E-state index contributed by atoms with van der Waals surface area (Å²) in [5.41, 5.74) is 5.84. The van der Waals surface area contributed by atoms with Gasteiger partial charge < -0.3 is 9.47 Å². The van der Waals surface area contributed by atoms with Gasteiger partial charge in [0.2, 0.25) is 0 Å². The van der Waals surface area contributed by atoms with Gasteiger partial charge in [0.25, 0.3) is 11.8 Å². The minimum atomic E-state index is -0.494. The van der Waals surface area contributed by atoms with Crippen molar-refractivity contribution in [2.45, 2.75) is 26.7 Å². The van der Waals surface area contributed by atoms with Crippen LogP contribution in [0.15, 0.2) is 40.9 Å². The van der Waals surface area contributed by atoms with Crippen molar-refractivity contribution in [2.75, 3.05) is 13.2 Å². The molecule has 2 N–H and O–H groups in total. The lowest BCUT2D eigenvalue weighted by Crippen LogP contribution is -2.44. The summed E-state index contributed by atoms with van der Waals surface area (Å²) >= 11 is 9.23. The van der Waals surface area contributed by atoms with Crippen LogP contribution in [0.3, 0.4) is 0 Å². The number of hydrogen-bond donors (Lipinski definition) is 2. The Kier molecular flexibility index (Phi) is 8.60. The highest BCUT2D eigenvalue weighted by Crippen LogP contribution is 2.24. The first-order valence-corrected chi connectivity index (χ1v) is 9.98. The second-order valence-corrected chi connectivity index (χ2v) is 7.40. The molecule has 2 aromatic rings. The second kappa shape index (κ2) is 10.9. The molecule has 0 heterocycles. The number of halogens is 2. The quantitative estimate of drug-likeness (QED) is 0.443. The number of unbranched alkanes of at least 4 members (excludes halogenated alkanes) is 1. The molecule has 2 aromatic carbocycles. The zero-order valence-corrected chi connectivity index (χ0v) is 18.0. The number of hydrazine groups is 1. The summed E-state index contributed by atoms with van der Waals surface area (Å²) in [6.07, 6.45) is 1.87. The van der Waals surface area contributed by atoms with Crippen molar-refractivity contribution in [1.29, 1.82) is 0 Å². The van der Waals surface area contributed by atoms with Crippen molar-refractivity contribution >= 4 is 39.3 Å². The van der Waals surface area contributed by atoms with E-state index < -0.39 is 11.8 Å². The molecule has 0 spiro atoms. The molecule has 0 aliphatic rings. The Morgan fingerprint density at radius 3 is 2.54 bits per heavy atom. The molecule has 0 atom stereocenters. The zero-order valence-electron chi connectivity index (χ0n) is 15.7. The van der Waals surface area contributed by atoms with Crippen LogP contribution >= 0.6 is 27.5 Å². The van der Waals surface area contributed by atoms with E-state index in [0.717, 1.165) is 22.9 Å². The largest absolute Gasteiger partial charge is 0.493 e. The van der Waals surface area contributed by atoms with Gasteiger partial charge in [0.1, 0.15) is 11.5 Å². The number of ether oxygens (including phenoxy) is 2. The van der Waals surface area contributed by atoms with Crippen molar-refractivity contribution in [3.63, 3.8) is 0 Å². The molecule has 6 nitrogen and oxygen atoms in total. The maximum Gasteiger partial charge on any atom is 0.276 e. The predicted molar refractivity (Wildman–Crippen MR) is 112 cm³/mol. The molecule has 0 aromatic heterocycles. The van der Waals surface area contributed by atoms with Crippen LogP contribution in [0.5, 0.6) is 11.5 Å². The molecule has 0 saturated carbocycles. The summed E-state index contributed by atoms with van der Waals surface area (Å²) in [4.78, 5) is 24.4. The monoisotopic (exact) mass is 468 g/mol. The number of amides is 2. The lowest BCUT2D eigenvalue weighted by molar-refractivity contribution is -0.123. The van der Waals surface area contributed by atoms with E-state index in [1.165, 1.54) is 0 Å². The standard InChI is InChI=1S/C20H22BrClN2O4/c1-3-4-9-27-18-7-5-14(21)11-16(18)20(26)24-23-19(25)12-28-17-8-6-15(22)10-13(17)2/h5-8,10-11H,3-4,9,12H2,1-2H3,(H,23,25)(H,24,26). The average molecular weight is 470 g/mol. The van der Waals surface area contributed by atoms with Gasteiger partial charge in [-0.1, -0.05) is 40.9 Å². The van der Waals surface area contributed by atoms with E-state index in [4.69, 9.17) is 21.1 Å². The minimum Gasteiger partial charge on any atom is -0.493 e. The Morgan fingerprint density at radius 1 is 1.07 bits per heavy atom. The molecular formula is C20H22BrClN2O4. The molecule has 2 amide bonds. The van der Waals surface area contributed by atoms with Crippen LogP contribution in [-0.2, 0) is 4.79 Å². The Hall–Kier alpha value is -2.25. The van der Waals surface area contributed by atoms with Gasteiger partial charge in [-0.25, -0.2) is 0 Å². The third-order valence-corrected chi connectivity index (χ3v) is 4.48. The number of carbonyl (C=O) groups is 2. The first-order chi connectivity index (χ1) is 13.4. The maximum absolute atomic E-state index is 12.4. The Labute approximate surface area is 177 Å². The van der Waals surface area contributed by atoms with E-state index in [1.54, 1.807) is 36.4 Å². The molecule has 0 aliphatic carbocycles. The van der Waals surface area contributed by atoms with Crippen LogP contribution in [0.1, 0.15) is 35.7 Å². The van der Waals surface area contributed by atoms with Crippen molar-refractivity contribution in [3.05, 3.63) is 57.0 Å². The van der Waals surface area contributed by atoms with Crippen molar-refractivity contribution in [3.8, 4) is 11.5 Å². The van der Waals surface area contributed by atoms with Crippen LogP contribution in [0, 0.1) is 6.92 Å². The summed E-state index contributed by atoms with van der Waals surface area (Å²) in [6, 6.07) is 10.2. The van der Waals surface area contributed by atoms with Crippen LogP contribution in [0.4, 0.5) is 0 Å². The lowest BCUT2D eigenvalue weighted by Gasteiger charge is -2.13. The SMILES string of the molecule is CCCCOc1ccc(Br)cc1C(=O)NNC(=O)COc1ccc(Cl)cc1C. The van der Waals surface area contributed by atoms with Gasteiger partial charge in [0, 0.05) is 9.50 Å². The van der Waals surface area contributed by atoms with Crippen molar-refractivity contribution < 1.29 is 19.1 Å². The zero-order chi connectivity index (χ0) is 20.5. The van der Waals surface area contributed by atoms with Gasteiger partial charge in [0.15, 0.2) is 6.61 Å². The molecule has 0 saturated heterocycles. The highest BCUT2D eigenvalue weighted by atomic mass is 79.9. The first kappa shape index (κ1) is 22.0. The highest BCUT2D eigenvalue weighted by molar-refractivity contribution is 9.10. The normalized spacial score (nSPS) is 10.3. The van der Waals surface area contributed by atoms with Gasteiger partial charge in [-0.05, 0) is 55.3 Å². The third kappa shape index (κ3) is 6.73. The van der Waals surface area contributed by atoms with Gasteiger partial charge in [-0.3, -0.25) is 20.4 Å². The van der Waals surface area contributed by atoms with Gasteiger partial charge in [-0.2, -0.15) is 0 Å². The fraction of sp³-hybridized carbons (Fsp3) is 0.300. The number of hydrogen-bond acceptors (Lipinski definition) is 4. The first-order valence-electron chi connectivity index (χ1n) is 8.81. The molecule has 0 unspecified atom stereocenters. The number of benzene rings is 2. The van der Waals surface area contributed by atoms with Gasteiger partial charge in [-0.15, -0.1) is 0 Å². The Morgan fingerprint density at radius 2 is 1.82 bits per heavy atom.